The van der Waals surface area contributed by atoms with Crippen molar-refractivity contribution in [2.45, 2.75) is 61.7 Å². The molecule has 0 unspecified atom stereocenters. The maximum Gasteiger partial charge on any atom is 0.416 e. The molecule has 0 spiro atoms. The van der Waals surface area contributed by atoms with Crippen LogP contribution >= 0.6 is 11.9 Å². The standard InChI is InChI=1S/C27H27F3N2O2S.C6H12N2O/c28-27(29,30)22-9-5-19(6-10-22)26(33)31-13-15-32(16-14-31)35-25-12-8-20-17-24(11-7-21(20)18-25)34-23-3-1-2-4-23;7-6-1-3-8(5-9)4-2-6/h5-12,17-18,23H,1-4,13-16H2;5-6H,1-4,7H2. The SMILES string of the molecule is NC1CCN(C=O)CC1.O=C(c1ccc(C(F)(F)F)cc1)N1CCN(Sc2ccc3cc(OC4CCCC4)ccc3c2)CC1. The molecule has 3 aromatic carbocycles. The minimum atomic E-state index is -4.40. The summed E-state index contributed by atoms with van der Waals surface area (Å²) in [5.41, 5.74) is 5.14. The quantitative estimate of drug-likeness (QED) is 0.258. The molecule has 1 aliphatic carbocycles. The van der Waals surface area contributed by atoms with Gasteiger partial charge in [-0.3, -0.25) is 9.59 Å². The van der Waals surface area contributed by atoms with E-state index in [0.717, 1.165) is 78.7 Å². The monoisotopic (exact) mass is 628 g/mol. The zero-order valence-electron chi connectivity index (χ0n) is 24.7. The summed E-state index contributed by atoms with van der Waals surface area (Å²) in [5, 5.41) is 2.31. The van der Waals surface area contributed by atoms with Gasteiger partial charge in [0.2, 0.25) is 6.41 Å². The van der Waals surface area contributed by atoms with Gasteiger partial charge in [0.05, 0.1) is 11.7 Å². The van der Waals surface area contributed by atoms with E-state index in [1.165, 1.54) is 25.0 Å². The smallest absolute Gasteiger partial charge is 0.416 e. The number of rotatable bonds is 6. The second-order valence-corrected chi connectivity index (χ2v) is 12.7. The molecule has 0 aromatic heterocycles. The Morgan fingerprint density at radius 2 is 1.48 bits per heavy atom. The first-order valence-corrected chi connectivity index (χ1v) is 16.0. The Morgan fingerprint density at radius 1 is 0.841 bits per heavy atom. The number of likely N-dealkylation sites (tertiary alicyclic amines) is 1. The van der Waals surface area contributed by atoms with Crippen LogP contribution in [0.4, 0.5) is 13.2 Å². The molecule has 1 saturated carbocycles. The van der Waals surface area contributed by atoms with Crippen LogP contribution < -0.4 is 10.5 Å². The van der Waals surface area contributed by atoms with E-state index in [1.807, 2.05) is 6.07 Å². The van der Waals surface area contributed by atoms with Crippen molar-refractivity contribution in [3.8, 4) is 5.75 Å². The van der Waals surface area contributed by atoms with Crippen molar-refractivity contribution in [1.29, 1.82) is 0 Å². The summed E-state index contributed by atoms with van der Waals surface area (Å²) >= 11 is 1.66. The van der Waals surface area contributed by atoms with Crippen LogP contribution in [-0.4, -0.2) is 77.8 Å². The van der Waals surface area contributed by atoms with Gasteiger partial charge in [-0.05, 0) is 110 Å². The van der Waals surface area contributed by atoms with Crippen molar-refractivity contribution in [1.82, 2.24) is 14.1 Å². The van der Waals surface area contributed by atoms with E-state index in [2.05, 4.69) is 34.6 Å². The Balaban J connectivity index is 0.000000367. The number of nitrogens with two attached hydrogens (primary N) is 1. The number of halogens is 3. The third-order valence-electron chi connectivity index (χ3n) is 8.33. The highest BCUT2D eigenvalue weighted by molar-refractivity contribution is 7.97. The first-order valence-electron chi connectivity index (χ1n) is 15.2. The number of carbonyl (C=O) groups is 2. The Kier molecular flexibility index (Phi) is 10.7. The van der Waals surface area contributed by atoms with Crippen molar-refractivity contribution >= 4 is 35.0 Å². The highest BCUT2D eigenvalue weighted by Gasteiger charge is 2.31. The number of benzene rings is 3. The van der Waals surface area contributed by atoms with E-state index in [0.29, 0.717) is 38.3 Å². The largest absolute Gasteiger partial charge is 0.490 e. The third-order valence-corrected chi connectivity index (χ3v) is 9.42. The molecule has 3 fully saturated rings. The number of fused-ring (bicyclic) bond motifs is 1. The number of piperidine rings is 1. The number of hydrogen-bond acceptors (Lipinski definition) is 6. The van der Waals surface area contributed by atoms with E-state index in [9.17, 15) is 22.8 Å². The second-order valence-electron chi connectivity index (χ2n) is 11.6. The van der Waals surface area contributed by atoms with Crippen LogP contribution in [-0.2, 0) is 11.0 Å². The summed E-state index contributed by atoms with van der Waals surface area (Å²) in [6.07, 6.45) is 3.51. The summed E-state index contributed by atoms with van der Waals surface area (Å²) in [4.78, 5) is 27.5. The van der Waals surface area contributed by atoms with Gasteiger partial charge < -0.3 is 20.3 Å². The molecular formula is C33H39F3N4O3S. The lowest BCUT2D eigenvalue weighted by atomic mass is 10.1. The molecule has 236 valence electrons. The van der Waals surface area contributed by atoms with Gasteiger partial charge in [0.25, 0.3) is 5.91 Å². The average molecular weight is 629 g/mol. The zero-order chi connectivity index (χ0) is 31.1. The predicted molar refractivity (Wildman–Crippen MR) is 166 cm³/mol. The summed E-state index contributed by atoms with van der Waals surface area (Å²) in [5.74, 6) is 0.698. The van der Waals surface area contributed by atoms with Crippen LogP contribution in [0.1, 0.15) is 54.4 Å². The first kappa shape index (κ1) is 32.1. The molecule has 2 saturated heterocycles. The fourth-order valence-electron chi connectivity index (χ4n) is 5.67. The lowest BCUT2D eigenvalue weighted by Gasteiger charge is -2.34. The first-order chi connectivity index (χ1) is 21.2. The number of alkyl halides is 3. The highest BCUT2D eigenvalue weighted by Crippen LogP contribution is 2.32. The Hall–Kier alpha value is -3.28. The molecule has 2 heterocycles. The van der Waals surface area contributed by atoms with Crippen LogP contribution in [0.3, 0.4) is 0 Å². The number of hydrogen-bond donors (Lipinski definition) is 1. The van der Waals surface area contributed by atoms with Gasteiger partial charge in [-0.1, -0.05) is 12.1 Å². The number of ether oxygens (including phenoxy) is 1. The number of carbonyl (C=O) groups excluding carboxylic acids is 2. The van der Waals surface area contributed by atoms with Crippen LogP contribution in [0.25, 0.3) is 10.8 Å². The summed E-state index contributed by atoms with van der Waals surface area (Å²) in [6.45, 7) is 4.10. The Morgan fingerprint density at radius 3 is 2.11 bits per heavy atom. The summed E-state index contributed by atoms with van der Waals surface area (Å²) in [7, 11) is 0. The van der Waals surface area contributed by atoms with E-state index >= 15 is 0 Å². The van der Waals surface area contributed by atoms with Gasteiger partial charge in [0.1, 0.15) is 5.75 Å². The van der Waals surface area contributed by atoms with Crippen molar-refractivity contribution in [3.05, 3.63) is 71.8 Å². The van der Waals surface area contributed by atoms with Crippen molar-refractivity contribution in [2.75, 3.05) is 39.3 Å². The fourth-order valence-corrected chi connectivity index (χ4v) is 6.62. The Bertz CT molecular complexity index is 1400. The molecule has 3 aromatic rings. The molecule has 0 radical (unpaired) electrons. The normalized spacial score (nSPS) is 18.6. The maximum absolute atomic E-state index is 12.8. The number of nitrogens with zero attached hydrogens (tertiary/aromatic N) is 3. The minimum absolute atomic E-state index is 0.232. The Labute approximate surface area is 260 Å². The van der Waals surface area contributed by atoms with Gasteiger partial charge in [0, 0.05) is 55.8 Å². The molecule has 2 N–H and O–H groups in total. The summed E-state index contributed by atoms with van der Waals surface area (Å²) < 4.78 is 46.6. The summed E-state index contributed by atoms with van der Waals surface area (Å²) in [6, 6.07) is 17.4. The van der Waals surface area contributed by atoms with E-state index < -0.39 is 11.7 Å². The molecule has 11 heteroatoms. The van der Waals surface area contributed by atoms with E-state index in [4.69, 9.17) is 10.5 Å². The molecule has 2 aliphatic heterocycles. The topological polar surface area (TPSA) is 79.1 Å². The van der Waals surface area contributed by atoms with Crippen LogP contribution in [0.2, 0.25) is 0 Å². The van der Waals surface area contributed by atoms with E-state index in [-0.39, 0.29) is 11.5 Å². The molecule has 6 rings (SSSR count). The predicted octanol–water partition coefficient (Wildman–Crippen LogP) is 6.21. The molecule has 0 atom stereocenters. The fraction of sp³-hybridized carbons (Fsp3) is 0.455. The third kappa shape index (κ3) is 8.67. The van der Waals surface area contributed by atoms with Gasteiger partial charge >= 0.3 is 6.18 Å². The second kappa shape index (κ2) is 14.7. The number of piperazine rings is 1. The molecule has 7 nitrogen and oxygen atoms in total. The number of amides is 2. The van der Waals surface area contributed by atoms with Crippen molar-refractivity contribution in [2.24, 2.45) is 5.73 Å². The lowest BCUT2D eigenvalue weighted by Crippen LogP contribution is -2.46. The molecule has 0 bridgehead atoms. The van der Waals surface area contributed by atoms with E-state index in [1.54, 1.807) is 21.7 Å². The van der Waals surface area contributed by atoms with Gasteiger partial charge in [-0.15, -0.1) is 0 Å². The van der Waals surface area contributed by atoms with Crippen molar-refractivity contribution < 1.29 is 27.5 Å². The van der Waals surface area contributed by atoms with Gasteiger partial charge in [0.15, 0.2) is 0 Å². The maximum atomic E-state index is 12.8. The molecule has 3 aliphatic rings. The van der Waals surface area contributed by atoms with Crippen LogP contribution in [0, 0.1) is 0 Å². The zero-order valence-corrected chi connectivity index (χ0v) is 25.5. The molecule has 44 heavy (non-hydrogen) atoms. The molecular weight excluding hydrogens is 589 g/mol. The van der Waals surface area contributed by atoms with Crippen LogP contribution in [0.15, 0.2) is 65.6 Å². The lowest BCUT2D eigenvalue weighted by molar-refractivity contribution is -0.137. The average Bonchev–Trinajstić information content (AvgIpc) is 3.55. The highest BCUT2D eigenvalue weighted by atomic mass is 32.2. The van der Waals surface area contributed by atoms with Gasteiger partial charge in [-0.2, -0.15) is 13.2 Å². The minimum Gasteiger partial charge on any atom is -0.490 e. The molecule has 2 amide bonds. The van der Waals surface area contributed by atoms with Crippen LogP contribution in [0.5, 0.6) is 5.75 Å². The van der Waals surface area contributed by atoms with Gasteiger partial charge in [-0.25, -0.2) is 4.31 Å². The van der Waals surface area contributed by atoms with Crippen molar-refractivity contribution in [3.63, 3.8) is 0 Å².